The van der Waals surface area contributed by atoms with Gasteiger partial charge in [-0.1, -0.05) is 6.07 Å². The SMILES string of the molecule is COc1cccc(NCc2ncn[nH]2)n1. The maximum atomic E-state index is 5.00. The molecule has 0 amide bonds. The summed E-state index contributed by atoms with van der Waals surface area (Å²) in [7, 11) is 1.59. The Labute approximate surface area is 86.7 Å². The highest BCUT2D eigenvalue weighted by atomic mass is 16.5. The van der Waals surface area contributed by atoms with E-state index in [4.69, 9.17) is 4.74 Å². The topological polar surface area (TPSA) is 75.7 Å². The Morgan fingerprint density at radius 1 is 1.47 bits per heavy atom. The molecule has 6 nitrogen and oxygen atoms in total. The van der Waals surface area contributed by atoms with Gasteiger partial charge in [0.1, 0.15) is 18.0 Å². The van der Waals surface area contributed by atoms with Gasteiger partial charge in [-0.25, -0.2) is 4.98 Å². The maximum Gasteiger partial charge on any atom is 0.214 e. The van der Waals surface area contributed by atoms with Crippen LogP contribution in [0, 0.1) is 0 Å². The van der Waals surface area contributed by atoms with Crippen molar-refractivity contribution in [2.45, 2.75) is 6.54 Å². The van der Waals surface area contributed by atoms with Gasteiger partial charge in [0.05, 0.1) is 13.7 Å². The summed E-state index contributed by atoms with van der Waals surface area (Å²) >= 11 is 0. The summed E-state index contributed by atoms with van der Waals surface area (Å²) in [5, 5.41) is 9.60. The first-order chi connectivity index (χ1) is 7.38. The third-order valence-corrected chi connectivity index (χ3v) is 1.83. The van der Waals surface area contributed by atoms with E-state index in [1.165, 1.54) is 6.33 Å². The lowest BCUT2D eigenvalue weighted by Gasteiger charge is -2.04. The van der Waals surface area contributed by atoms with Crippen LogP contribution in [0.2, 0.25) is 0 Å². The molecule has 2 aromatic heterocycles. The second kappa shape index (κ2) is 4.41. The summed E-state index contributed by atoms with van der Waals surface area (Å²) in [5.41, 5.74) is 0. The van der Waals surface area contributed by atoms with E-state index in [1.807, 2.05) is 12.1 Å². The van der Waals surface area contributed by atoms with Crippen LogP contribution < -0.4 is 10.1 Å². The van der Waals surface area contributed by atoms with Crippen molar-refractivity contribution in [3.8, 4) is 5.88 Å². The fraction of sp³-hybridized carbons (Fsp3) is 0.222. The molecular weight excluding hydrogens is 194 g/mol. The smallest absolute Gasteiger partial charge is 0.214 e. The van der Waals surface area contributed by atoms with Crippen LogP contribution in [0.5, 0.6) is 5.88 Å². The third-order valence-electron chi connectivity index (χ3n) is 1.83. The van der Waals surface area contributed by atoms with Crippen molar-refractivity contribution in [3.63, 3.8) is 0 Å². The van der Waals surface area contributed by atoms with Crippen LogP contribution in [0.15, 0.2) is 24.5 Å². The van der Waals surface area contributed by atoms with E-state index < -0.39 is 0 Å². The van der Waals surface area contributed by atoms with E-state index in [0.29, 0.717) is 12.4 Å². The number of rotatable bonds is 4. The Bertz CT molecular complexity index is 414. The van der Waals surface area contributed by atoms with E-state index >= 15 is 0 Å². The van der Waals surface area contributed by atoms with E-state index in [9.17, 15) is 0 Å². The normalized spacial score (nSPS) is 9.93. The molecule has 0 bridgehead atoms. The number of ether oxygens (including phenoxy) is 1. The van der Waals surface area contributed by atoms with Crippen molar-refractivity contribution in [2.24, 2.45) is 0 Å². The fourth-order valence-electron chi connectivity index (χ4n) is 1.12. The maximum absolute atomic E-state index is 5.00. The molecule has 78 valence electrons. The van der Waals surface area contributed by atoms with Crippen LogP contribution >= 0.6 is 0 Å². The number of hydrogen-bond donors (Lipinski definition) is 2. The van der Waals surface area contributed by atoms with Gasteiger partial charge in [-0.15, -0.1) is 0 Å². The molecular formula is C9H11N5O. The zero-order chi connectivity index (χ0) is 10.5. The molecule has 0 spiro atoms. The molecule has 0 saturated heterocycles. The highest BCUT2D eigenvalue weighted by Gasteiger charge is 1.98. The molecule has 2 heterocycles. The van der Waals surface area contributed by atoms with Crippen LogP contribution in [-0.2, 0) is 6.54 Å². The average Bonchev–Trinajstić information content (AvgIpc) is 2.79. The molecule has 0 aromatic carbocycles. The summed E-state index contributed by atoms with van der Waals surface area (Å²) in [6.45, 7) is 0.556. The molecule has 0 aliphatic heterocycles. The summed E-state index contributed by atoms with van der Waals surface area (Å²) < 4.78 is 5.00. The lowest BCUT2D eigenvalue weighted by molar-refractivity contribution is 0.398. The van der Waals surface area contributed by atoms with Crippen LogP contribution in [-0.4, -0.2) is 27.3 Å². The second-order valence-corrected chi connectivity index (χ2v) is 2.85. The van der Waals surface area contributed by atoms with E-state index in [0.717, 1.165) is 11.6 Å². The molecule has 6 heteroatoms. The van der Waals surface area contributed by atoms with Gasteiger partial charge in [-0.2, -0.15) is 10.1 Å². The predicted molar refractivity (Wildman–Crippen MR) is 54.5 cm³/mol. The van der Waals surface area contributed by atoms with Crippen molar-refractivity contribution in [1.29, 1.82) is 0 Å². The molecule has 2 rings (SSSR count). The lowest BCUT2D eigenvalue weighted by atomic mass is 10.4. The van der Waals surface area contributed by atoms with E-state index in [-0.39, 0.29) is 0 Å². The quantitative estimate of drug-likeness (QED) is 0.772. The highest BCUT2D eigenvalue weighted by Crippen LogP contribution is 2.10. The summed E-state index contributed by atoms with van der Waals surface area (Å²) in [4.78, 5) is 8.18. The summed E-state index contributed by atoms with van der Waals surface area (Å²) in [5.74, 6) is 2.09. The standard InChI is InChI=1S/C9H11N5O/c1-15-9-4-2-3-7(13-9)10-5-8-11-6-12-14-8/h2-4,6H,5H2,1H3,(H,10,13)(H,11,12,14). The minimum atomic E-state index is 0.556. The molecule has 0 atom stereocenters. The Kier molecular flexibility index (Phi) is 2.77. The van der Waals surface area contributed by atoms with Crippen molar-refractivity contribution in [1.82, 2.24) is 20.2 Å². The zero-order valence-corrected chi connectivity index (χ0v) is 8.27. The van der Waals surface area contributed by atoms with Gasteiger partial charge in [0.2, 0.25) is 5.88 Å². The number of methoxy groups -OCH3 is 1. The Morgan fingerprint density at radius 3 is 3.13 bits per heavy atom. The van der Waals surface area contributed by atoms with E-state index in [2.05, 4.69) is 25.5 Å². The molecule has 0 unspecified atom stereocenters. The molecule has 0 saturated carbocycles. The minimum Gasteiger partial charge on any atom is -0.481 e. The molecule has 15 heavy (non-hydrogen) atoms. The molecule has 0 fully saturated rings. The summed E-state index contributed by atoms with van der Waals surface area (Å²) in [6.07, 6.45) is 1.47. The Morgan fingerprint density at radius 2 is 2.40 bits per heavy atom. The van der Waals surface area contributed by atoms with Gasteiger partial charge in [0, 0.05) is 6.07 Å². The van der Waals surface area contributed by atoms with E-state index in [1.54, 1.807) is 13.2 Å². The van der Waals surface area contributed by atoms with Crippen LogP contribution in [0.4, 0.5) is 5.82 Å². The van der Waals surface area contributed by atoms with Gasteiger partial charge in [0.25, 0.3) is 0 Å². The lowest BCUT2D eigenvalue weighted by Crippen LogP contribution is -2.03. The minimum absolute atomic E-state index is 0.556. The number of nitrogens with one attached hydrogen (secondary N) is 2. The molecule has 2 N–H and O–H groups in total. The van der Waals surface area contributed by atoms with Gasteiger partial charge in [0.15, 0.2) is 0 Å². The highest BCUT2D eigenvalue weighted by molar-refractivity contribution is 5.36. The molecule has 0 aliphatic rings. The van der Waals surface area contributed by atoms with Gasteiger partial charge in [-0.05, 0) is 6.07 Å². The van der Waals surface area contributed by atoms with Crippen molar-refractivity contribution < 1.29 is 4.74 Å². The van der Waals surface area contributed by atoms with Crippen molar-refractivity contribution >= 4 is 5.82 Å². The molecule has 0 aliphatic carbocycles. The first-order valence-electron chi connectivity index (χ1n) is 4.47. The Hall–Kier alpha value is -2.11. The van der Waals surface area contributed by atoms with Crippen LogP contribution in [0.25, 0.3) is 0 Å². The number of aromatic nitrogens is 4. The third kappa shape index (κ3) is 2.43. The zero-order valence-electron chi connectivity index (χ0n) is 8.27. The Balaban J connectivity index is 1.98. The van der Waals surface area contributed by atoms with Crippen molar-refractivity contribution in [3.05, 3.63) is 30.4 Å². The number of hydrogen-bond acceptors (Lipinski definition) is 5. The molecule has 2 aromatic rings. The predicted octanol–water partition coefficient (Wildman–Crippen LogP) is 0.820. The monoisotopic (exact) mass is 205 g/mol. The van der Waals surface area contributed by atoms with Crippen LogP contribution in [0.1, 0.15) is 5.82 Å². The second-order valence-electron chi connectivity index (χ2n) is 2.85. The fourth-order valence-corrected chi connectivity index (χ4v) is 1.12. The van der Waals surface area contributed by atoms with Gasteiger partial charge >= 0.3 is 0 Å². The average molecular weight is 205 g/mol. The number of anilines is 1. The molecule has 0 radical (unpaired) electrons. The number of aromatic amines is 1. The summed E-state index contributed by atoms with van der Waals surface area (Å²) in [6, 6.07) is 5.52. The van der Waals surface area contributed by atoms with Gasteiger partial charge in [-0.3, -0.25) is 5.10 Å². The van der Waals surface area contributed by atoms with Crippen LogP contribution in [0.3, 0.4) is 0 Å². The first-order valence-corrected chi connectivity index (χ1v) is 4.47. The van der Waals surface area contributed by atoms with Crippen molar-refractivity contribution in [2.75, 3.05) is 12.4 Å². The first kappa shape index (κ1) is 9.45. The van der Waals surface area contributed by atoms with Gasteiger partial charge < -0.3 is 10.1 Å². The largest absolute Gasteiger partial charge is 0.481 e. The number of pyridine rings is 1. The number of nitrogens with zero attached hydrogens (tertiary/aromatic N) is 3. The number of H-pyrrole nitrogens is 1.